The molecule has 0 N–H and O–H groups in total. The summed E-state index contributed by atoms with van der Waals surface area (Å²) < 4.78 is 5.41. The summed E-state index contributed by atoms with van der Waals surface area (Å²) in [6, 6.07) is 0. The summed E-state index contributed by atoms with van der Waals surface area (Å²) in [6.45, 7) is 7.66. The van der Waals surface area contributed by atoms with Crippen molar-refractivity contribution in [3.05, 3.63) is 0 Å². The smallest absolute Gasteiger partial charge is 0.0646 e. The van der Waals surface area contributed by atoms with Gasteiger partial charge in [0.25, 0.3) is 0 Å². The van der Waals surface area contributed by atoms with Gasteiger partial charge >= 0.3 is 0 Å². The van der Waals surface area contributed by atoms with Gasteiger partial charge in [0.1, 0.15) is 0 Å². The summed E-state index contributed by atoms with van der Waals surface area (Å²) in [6.07, 6.45) is 7.15. The van der Waals surface area contributed by atoms with Crippen molar-refractivity contribution in [1.29, 1.82) is 0 Å². The Labute approximate surface area is 94.0 Å². The van der Waals surface area contributed by atoms with Crippen LogP contribution in [0.25, 0.3) is 0 Å². The highest BCUT2D eigenvalue weighted by atomic mass is 16.5. The fourth-order valence-electron chi connectivity index (χ4n) is 3.59. The van der Waals surface area contributed by atoms with Crippen LogP contribution >= 0.6 is 0 Å². The van der Waals surface area contributed by atoms with E-state index in [1.54, 1.807) is 0 Å². The minimum atomic E-state index is 0.464. The van der Waals surface area contributed by atoms with Crippen LogP contribution in [-0.2, 0) is 4.74 Å². The molecule has 2 heteroatoms. The first kappa shape index (κ1) is 11.4. The summed E-state index contributed by atoms with van der Waals surface area (Å²) in [7, 11) is 1.85. The monoisotopic (exact) mass is 211 g/mol. The van der Waals surface area contributed by atoms with Gasteiger partial charge < -0.3 is 4.74 Å². The molecule has 0 aromatic carbocycles. The molecule has 0 bridgehead atoms. The van der Waals surface area contributed by atoms with Crippen molar-refractivity contribution in [1.82, 2.24) is 4.90 Å². The average Bonchev–Trinajstić information content (AvgIpc) is 2.76. The zero-order valence-corrected chi connectivity index (χ0v) is 10.5. The van der Waals surface area contributed by atoms with Gasteiger partial charge in [0.05, 0.1) is 6.61 Å². The molecule has 1 saturated carbocycles. The first-order valence-corrected chi connectivity index (χ1v) is 6.53. The number of rotatable bonds is 2. The zero-order valence-electron chi connectivity index (χ0n) is 10.5. The van der Waals surface area contributed by atoms with Crippen LogP contribution in [0.15, 0.2) is 0 Å². The third-order valence-corrected chi connectivity index (χ3v) is 4.34. The largest absolute Gasteiger partial charge is 0.383 e. The number of ether oxygens (including phenoxy) is 1. The van der Waals surface area contributed by atoms with Crippen LogP contribution in [0.1, 0.15) is 46.0 Å². The Hall–Kier alpha value is -0.0800. The molecule has 2 nitrogen and oxygen atoms in total. The second kappa shape index (κ2) is 4.06. The number of fused-ring (bicyclic) bond motifs is 1. The lowest BCUT2D eigenvalue weighted by atomic mass is 9.89. The highest BCUT2D eigenvalue weighted by Crippen LogP contribution is 2.60. The molecule has 0 radical (unpaired) electrons. The molecule has 3 fully saturated rings. The first-order valence-electron chi connectivity index (χ1n) is 6.53. The van der Waals surface area contributed by atoms with E-state index in [0.29, 0.717) is 5.54 Å². The number of methoxy groups -OCH3 is 1. The summed E-state index contributed by atoms with van der Waals surface area (Å²) in [5.74, 6) is 0. The highest BCUT2D eigenvalue weighted by molar-refractivity contribution is 5.13. The SMILES string of the molecule is CC.COCC12CCCN1CC1(CC1)C2. The lowest BCUT2D eigenvalue weighted by Gasteiger charge is -2.30. The van der Waals surface area contributed by atoms with E-state index >= 15 is 0 Å². The van der Waals surface area contributed by atoms with E-state index in [4.69, 9.17) is 4.74 Å². The minimum absolute atomic E-state index is 0.464. The topological polar surface area (TPSA) is 12.5 Å². The van der Waals surface area contributed by atoms with Gasteiger partial charge in [-0.15, -0.1) is 0 Å². The molecule has 0 amide bonds. The number of hydrogen-bond acceptors (Lipinski definition) is 2. The number of hydrogen-bond donors (Lipinski definition) is 0. The Morgan fingerprint density at radius 3 is 2.53 bits per heavy atom. The minimum Gasteiger partial charge on any atom is -0.383 e. The summed E-state index contributed by atoms with van der Waals surface area (Å²) in [4.78, 5) is 2.71. The normalized spacial score (nSPS) is 36.2. The average molecular weight is 211 g/mol. The van der Waals surface area contributed by atoms with E-state index in [1.165, 1.54) is 45.2 Å². The Kier molecular flexibility index (Phi) is 3.09. The molecule has 1 unspecified atom stereocenters. The van der Waals surface area contributed by atoms with Crippen molar-refractivity contribution in [2.75, 3.05) is 26.8 Å². The third kappa shape index (κ3) is 1.83. The van der Waals surface area contributed by atoms with Gasteiger partial charge in [0.2, 0.25) is 0 Å². The van der Waals surface area contributed by atoms with Crippen molar-refractivity contribution in [3.8, 4) is 0 Å². The molecule has 15 heavy (non-hydrogen) atoms. The van der Waals surface area contributed by atoms with Gasteiger partial charge in [-0.2, -0.15) is 0 Å². The van der Waals surface area contributed by atoms with Crippen LogP contribution in [0.5, 0.6) is 0 Å². The van der Waals surface area contributed by atoms with E-state index in [0.717, 1.165) is 12.0 Å². The van der Waals surface area contributed by atoms with E-state index in [9.17, 15) is 0 Å². The predicted molar refractivity (Wildman–Crippen MR) is 63.0 cm³/mol. The molecule has 2 aliphatic heterocycles. The van der Waals surface area contributed by atoms with Crippen molar-refractivity contribution >= 4 is 0 Å². The maximum absolute atomic E-state index is 5.41. The third-order valence-electron chi connectivity index (χ3n) is 4.34. The Morgan fingerprint density at radius 2 is 1.93 bits per heavy atom. The van der Waals surface area contributed by atoms with Gasteiger partial charge in [0, 0.05) is 19.2 Å². The molecule has 2 heterocycles. The van der Waals surface area contributed by atoms with E-state index in [2.05, 4.69) is 4.90 Å². The van der Waals surface area contributed by atoms with Gasteiger partial charge in [-0.25, -0.2) is 0 Å². The maximum Gasteiger partial charge on any atom is 0.0646 e. The molecule has 1 atom stereocenters. The fourth-order valence-corrected chi connectivity index (χ4v) is 3.59. The lowest BCUT2D eigenvalue weighted by molar-refractivity contribution is 0.0652. The summed E-state index contributed by atoms with van der Waals surface area (Å²) in [5, 5.41) is 0. The zero-order chi connectivity index (χ0) is 10.9. The summed E-state index contributed by atoms with van der Waals surface area (Å²) in [5.41, 5.74) is 1.21. The van der Waals surface area contributed by atoms with E-state index < -0.39 is 0 Å². The van der Waals surface area contributed by atoms with Crippen LogP contribution < -0.4 is 0 Å². The van der Waals surface area contributed by atoms with Gasteiger partial charge in [-0.1, -0.05) is 13.8 Å². The standard InChI is InChI=1S/C11H19NO.C2H6/c1-13-9-11-3-2-6-12(11)8-10(7-11)4-5-10;1-2/h2-9H2,1H3;1-2H3. The second-order valence-electron chi connectivity index (χ2n) is 5.36. The van der Waals surface area contributed by atoms with E-state index in [-0.39, 0.29) is 0 Å². The van der Waals surface area contributed by atoms with Crippen LogP contribution in [0.2, 0.25) is 0 Å². The summed E-state index contributed by atoms with van der Waals surface area (Å²) >= 11 is 0. The molecule has 1 aliphatic carbocycles. The van der Waals surface area contributed by atoms with Crippen LogP contribution in [0.4, 0.5) is 0 Å². The van der Waals surface area contributed by atoms with Crippen LogP contribution in [0, 0.1) is 5.41 Å². The van der Waals surface area contributed by atoms with Crippen molar-refractivity contribution in [2.24, 2.45) is 5.41 Å². The molecule has 0 aromatic heterocycles. The predicted octanol–water partition coefficient (Wildman–Crippen LogP) is 2.68. The molecule has 3 aliphatic rings. The molecule has 88 valence electrons. The van der Waals surface area contributed by atoms with Crippen molar-refractivity contribution in [3.63, 3.8) is 0 Å². The highest BCUT2D eigenvalue weighted by Gasteiger charge is 2.59. The second-order valence-corrected chi connectivity index (χ2v) is 5.36. The quantitative estimate of drug-likeness (QED) is 0.696. The van der Waals surface area contributed by atoms with Gasteiger partial charge in [-0.3, -0.25) is 4.90 Å². The molecule has 3 rings (SSSR count). The molecule has 1 spiro atoms. The van der Waals surface area contributed by atoms with Crippen LogP contribution in [0.3, 0.4) is 0 Å². The van der Waals surface area contributed by atoms with E-state index in [1.807, 2.05) is 21.0 Å². The Balaban J connectivity index is 0.000000404. The van der Waals surface area contributed by atoms with Crippen molar-refractivity contribution in [2.45, 2.75) is 51.5 Å². The fraction of sp³-hybridized carbons (Fsp3) is 1.00. The number of nitrogens with zero attached hydrogens (tertiary/aromatic N) is 1. The first-order chi connectivity index (χ1) is 7.29. The van der Waals surface area contributed by atoms with Crippen molar-refractivity contribution < 1.29 is 4.74 Å². The molecule has 2 saturated heterocycles. The Bertz CT molecular complexity index is 225. The maximum atomic E-state index is 5.41. The molecular weight excluding hydrogens is 186 g/mol. The lowest BCUT2D eigenvalue weighted by Crippen LogP contribution is -2.42. The van der Waals surface area contributed by atoms with Gasteiger partial charge in [-0.05, 0) is 44.1 Å². The molecular formula is C13H25NO. The van der Waals surface area contributed by atoms with Gasteiger partial charge in [0.15, 0.2) is 0 Å². The van der Waals surface area contributed by atoms with Crippen LogP contribution in [-0.4, -0.2) is 37.2 Å². The molecule has 0 aromatic rings. The Morgan fingerprint density at radius 1 is 1.20 bits per heavy atom.